The summed E-state index contributed by atoms with van der Waals surface area (Å²) in [5.74, 6) is -0.0802. The molecule has 1 aromatic heterocycles. The smallest absolute Gasteiger partial charge is 0.270 e. The molecule has 1 aromatic rings. The predicted octanol–water partition coefficient (Wildman–Crippen LogP) is 1.48. The van der Waals surface area contributed by atoms with Gasteiger partial charge in [0.15, 0.2) is 5.78 Å². The number of Topliss-reactive ketones (excluding diaryl/α,β-unsaturated/α-hetero) is 1. The van der Waals surface area contributed by atoms with Gasteiger partial charge in [-0.1, -0.05) is 0 Å². The molecule has 0 unspecified atom stereocenters. The zero-order chi connectivity index (χ0) is 14.2. The Morgan fingerprint density at radius 3 is 2.58 bits per heavy atom. The van der Waals surface area contributed by atoms with Crippen molar-refractivity contribution in [1.82, 2.24) is 9.47 Å². The van der Waals surface area contributed by atoms with E-state index in [1.807, 2.05) is 13.8 Å². The number of nitrogens with zero attached hydrogens (tertiary/aromatic N) is 2. The van der Waals surface area contributed by atoms with Gasteiger partial charge in [-0.05, 0) is 26.8 Å². The molecular formula is C14H20N2O3. The van der Waals surface area contributed by atoms with Crippen LogP contribution < -0.4 is 0 Å². The van der Waals surface area contributed by atoms with Crippen molar-refractivity contribution in [2.24, 2.45) is 7.05 Å². The molecular weight excluding hydrogens is 244 g/mol. The molecule has 0 N–H and O–H groups in total. The van der Waals surface area contributed by atoms with Gasteiger partial charge in [0.05, 0.1) is 12.2 Å². The van der Waals surface area contributed by atoms with Crippen molar-refractivity contribution in [1.29, 1.82) is 0 Å². The second-order valence-electron chi connectivity index (χ2n) is 5.62. The third kappa shape index (κ3) is 2.87. The molecule has 2 rings (SSSR count). The molecule has 1 fully saturated rings. The molecule has 0 spiro atoms. The highest BCUT2D eigenvalue weighted by Gasteiger charge is 2.31. The number of carbonyl (C=O) groups excluding carboxylic acids is 2. The summed E-state index contributed by atoms with van der Waals surface area (Å²) in [4.78, 5) is 25.6. The van der Waals surface area contributed by atoms with Gasteiger partial charge >= 0.3 is 0 Å². The zero-order valence-corrected chi connectivity index (χ0v) is 11.9. The summed E-state index contributed by atoms with van der Waals surface area (Å²) in [5.41, 5.74) is 0.795. The highest BCUT2D eigenvalue weighted by Crippen LogP contribution is 2.19. The quantitative estimate of drug-likeness (QED) is 0.760. The lowest BCUT2D eigenvalue weighted by Gasteiger charge is -2.38. The van der Waals surface area contributed by atoms with Crippen LogP contribution in [-0.2, 0) is 11.8 Å². The average Bonchev–Trinajstić information content (AvgIpc) is 2.69. The van der Waals surface area contributed by atoms with Crippen LogP contribution in [0, 0.1) is 0 Å². The largest absolute Gasteiger partial charge is 0.372 e. The first-order chi connectivity index (χ1) is 8.80. The minimum Gasteiger partial charge on any atom is -0.372 e. The first-order valence-electron chi connectivity index (χ1n) is 6.41. The monoisotopic (exact) mass is 264 g/mol. The lowest BCUT2D eigenvalue weighted by molar-refractivity contribution is -0.0765. The van der Waals surface area contributed by atoms with Crippen LogP contribution >= 0.6 is 0 Å². The summed E-state index contributed by atoms with van der Waals surface area (Å²) in [6, 6.07) is 1.66. The van der Waals surface area contributed by atoms with Crippen molar-refractivity contribution in [2.45, 2.75) is 26.4 Å². The molecule has 0 bridgehead atoms. The summed E-state index contributed by atoms with van der Waals surface area (Å²) in [6.45, 7) is 7.14. The van der Waals surface area contributed by atoms with Crippen LogP contribution in [0.25, 0.3) is 0 Å². The number of rotatable bonds is 2. The summed E-state index contributed by atoms with van der Waals surface area (Å²) in [7, 11) is 1.78. The van der Waals surface area contributed by atoms with E-state index in [0.717, 1.165) is 0 Å². The van der Waals surface area contributed by atoms with E-state index >= 15 is 0 Å². The van der Waals surface area contributed by atoms with E-state index in [9.17, 15) is 9.59 Å². The number of ether oxygens (including phenoxy) is 1. The average molecular weight is 264 g/mol. The number of morpholine rings is 1. The van der Waals surface area contributed by atoms with Crippen molar-refractivity contribution in [3.8, 4) is 0 Å². The summed E-state index contributed by atoms with van der Waals surface area (Å²) >= 11 is 0. The number of hydrogen-bond donors (Lipinski definition) is 0. The molecule has 1 aliphatic rings. The lowest BCUT2D eigenvalue weighted by Crippen LogP contribution is -2.50. The maximum Gasteiger partial charge on any atom is 0.270 e. The van der Waals surface area contributed by atoms with Crippen molar-refractivity contribution >= 4 is 11.7 Å². The van der Waals surface area contributed by atoms with E-state index in [4.69, 9.17) is 4.74 Å². The van der Waals surface area contributed by atoms with Crippen molar-refractivity contribution in [3.05, 3.63) is 23.5 Å². The van der Waals surface area contributed by atoms with E-state index in [2.05, 4.69) is 0 Å². The number of hydrogen-bond acceptors (Lipinski definition) is 3. The Morgan fingerprint density at radius 1 is 1.37 bits per heavy atom. The summed E-state index contributed by atoms with van der Waals surface area (Å²) in [6.07, 6.45) is 1.70. The summed E-state index contributed by atoms with van der Waals surface area (Å²) < 4.78 is 7.31. The van der Waals surface area contributed by atoms with Gasteiger partial charge in [0, 0.05) is 31.9 Å². The highest BCUT2D eigenvalue weighted by atomic mass is 16.5. The van der Waals surface area contributed by atoms with Gasteiger partial charge in [0.1, 0.15) is 5.69 Å². The minimum absolute atomic E-state index is 0.0306. The fourth-order valence-electron chi connectivity index (χ4n) is 2.32. The molecule has 1 saturated heterocycles. The molecule has 0 atom stereocenters. The van der Waals surface area contributed by atoms with Gasteiger partial charge in [-0.25, -0.2) is 0 Å². The number of amides is 1. The number of carbonyl (C=O) groups is 2. The fraction of sp³-hybridized carbons (Fsp3) is 0.571. The molecule has 0 aliphatic carbocycles. The highest BCUT2D eigenvalue weighted by molar-refractivity contribution is 5.99. The Hall–Kier alpha value is -1.62. The van der Waals surface area contributed by atoms with Crippen LogP contribution in [0.2, 0.25) is 0 Å². The van der Waals surface area contributed by atoms with Gasteiger partial charge in [-0.15, -0.1) is 0 Å². The lowest BCUT2D eigenvalue weighted by atomic mass is 10.1. The van der Waals surface area contributed by atoms with E-state index in [0.29, 0.717) is 31.0 Å². The molecule has 0 saturated carbocycles. The van der Waals surface area contributed by atoms with Crippen molar-refractivity contribution in [2.75, 3.05) is 19.7 Å². The molecule has 5 heteroatoms. The molecule has 1 aliphatic heterocycles. The van der Waals surface area contributed by atoms with E-state index < -0.39 is 0 Å². The zero-order valence-electron chi connectivity index (χ0n) is 11.9. The molecule has 0 radical (unpaired) electrons. The Morgan fingerprint density at radius 2 is 2.05 bits per heavy atom. The fourth-order valence-corrected chi connectivity index (χ4v) is 2.32. The maximum atomic E-state index is 12.5. The normalized spacial score (nSPS) is 18.4. The third-order valence-corrected chi connectivity index (χ3v) is 3.34. The first kappa shape index (κ1) is 13.8. The van der Waals surface area contributed by atoms with E-state index in [1.54, 1.807) is 28.8 Å². The van der Waals surface area contributed by atoms with Gasteiger partial charge in [0.2, 0.25) is 0 Å². The van der Waals surface area contributed by atoms with E-state index in [1.165, 1.54) is 6.92 Å². The Bertz CT molecular complexity index is 517. The second kappa shape index (κ2) is 4.81. The number of ketones is 1. The Balaban J connectivity index is 2.22. The number of aryl methyl sites for hydroxylation is 1. The third-order valence-electron chi connectivity index (χ3n) is 3.34. The van der Waals surface area contributed by atoms with Crippen molar-refractivity contribution in [3.63, 3.8) is 0 Å². The van der Waals surface area contributed by atoms with Gasteiger partial charge < -0.3 is 14.2 Å². The number of aromatic nitrogens is 1. The molecule has 5 nitrogen and oxygen atoms in total. The standard InChI is InChI=1S/C14H20N2O3/c1-10(17)11-7-12(15(4)8-11)13(18)16-5-6-19-14(2,3)9-16/h7-8H,5-6,9H2,1-4H3. The minimum atomic E-state index is -0.317. The first-order valence-corrected chi connectivity index (χ1v) is 6.41. The van der Waals surface area contributed by atoms with Crippen LogP contribution in [-0.4, -0.2) is 46.5 Å². The van der Waals surface area contributed by atoms with Crippen LogP contribution in [0.15, 0.2) is 12.3 Å². The van der Waals surface area contributed by atoms with Gasteiger partial charge in [0.25, 0.3) is 5.91 Å². The molecule has 1 amide bonds. The topological polar surface area (TPSA) is 51.5 Å². The molecule has 104 valence electrons. The molecule has 19 heavy (non-hydrogen) atoms. The van der Waals surface area contributed by atoms with Crippen LogP contribution in [0.1, 0.15) is 41.6 Å². The van der Waals surface area contributed by atoms with Crippen LogP contribution in [0.4, 0.5) is 0 Å². The van der Waals surface area contributed by atoms with E-state index in [-0.39, 0.29) is 17.3 Å². The van der Waals surface area contributed by atoms with Gasteiger partial charge in [-0.3, -0.25) is 9.59 Å². The SMILES string of the molecule is CC(=O)c1cc(C(=O)N2CCOC(C)(C)C2)n(C)c1. The van der Waals surface area contributed by atoms with Gasteiger partial charge in [-0.2, -0.15) is 0 Å². The molecule has 0 aromatic carbocycles. The Labute approximate surface area is 113 Å². The summed E-state index contributed by atoms with van der Waals surface area (Å²) in [5, 5.41) is 0. The second-order valence-corrected chi connectivity index (χ2v) is 5.62. The van der Waals surface area contributed by atoms with Crippen LogP contribution in [0.3, 0.4) is 0 Å². The maximum absolute atomic E-state index is 12.5. The van der Waals surface area contributed by atoms with Crippen LogP contribution in [0.5, 0.6) is 0 Å². The Kier molecular flexibility index (Phi) is 3.49. The van der Waals surface area contributed by atoms with Crippen molar-refractivity contribution < 1.29 is 14.3 Å². The molecule has 2 heterocycles. The predicted molar refractivity (Wildman–Crippen MR) is 71.4 cm³/mol.